The van der Waals surface area contributed by atoms with Crippen LogP contribution < -0.4 is 39.4 Å². The molecule has 16 heavy (non-hydrogen) atoms. The van der Waals surface area contributed by atoms with Crippen molar-refractivity contribution < 1.29 is 44.2 Å². The van der Waals surface area contributed by atoms with Crippen LogP contribution in [-0.2, 0) is 4.79 Å². The molecule has 0 N–H and O–H groups in total. The van der Waals surface area contributed by atoms with Crippen molar-refractivity contribution in [2.24, 2.45) is 0 Å². The van der Waals surface area contributed by atoms with E-state index in [1.165, 1.54) is 19.1 Å². The summed E-state index contributed by atoms with van der Waals surface area (Å²) in [6, 6.07) is 2.73. The van der Waals surface area contributed by atoms with Crippen LogP contribution in [0.5, 0.6) is 5.75 Å². The smallest absolute Gasteiger partial charge is 0.546 e. The summed E-state index contributed by atoms with van der Waals surface area (Å²) in [7, 11) is 0. The van der Waals surface area contributed by atoms with Gasteiger partial charge in [-0.2, -0.15) is 0 Å². The Balaban J connectivity index is 0.00000225. The number of benzene rings is 1. The second-order valence-electron chi connectivity index (χ2n) is 2.78. The first kappa shape index (κ1) is 16.4. The van der Waals surface area contributed by atoms with Crippen LogP contribution in [0.4, 0.5) is 0 Å². The number of carboxylic acid groups (broad SMARTS) is 1. The first-order valence-corrected chi connectivity index (χ1v) is 5.07. The van der Waals surface area contributed by atoms with E-state index in [1.807, 2.05) is 0 Å². The predicted molar refractivity (Wildman–Crippen MR) is 56.6 cm³/mol. The van der Waals surface area contributed by atoms with Gasteiger partial charge in [-0.25, -0.2) is 0 Å². The molecule has 0 aliphatic carbocycles. The molecule has 82 valence electrons. The molecule has 0 fully saturated rings. The molecular formula is C9H6Cl3NaO3. The van der Waals surface area contributed by atoms with Crippen molar-refractivity contribution in [3.63, 3.8) is 0 Å². The molecule has 0 aliphatic rings. The number of carbonyl (C=O) groups excluding carboxylic acids is 1. The predicted octanol–water partition coefficient (Wildman–Crippen LogP) is -0.832. The Morgan fingerprint density at radius 2 is 1.75 bits per heavy atom. The minimum atomic E-state index is -1.34. The molecule has 1 rings (SSSR count). The van der Waals surface area contributed by atoms with Gasteiger partial charge >= 0.3 is 29.6 Å². The standard InChI is InChI=1S/C9H7Cl3O3.Na/c1-4(9(13)14)15-8-3-6(11)5(10)2-7(8)12;/h2-4H,1H3,(H,13,14);/q;+1/p-1/t4-;/m1./s1. The van der Waals surface area contributed by atoms with E-state index in [4.69, 9.17) is 39.5 Å². The summed E-state index contributed by atoms with van der Waals surface area (Å²) < 4.78 is 5.01. The van der Waals surface area contributed by atoms with Gasteiger partial charge in [-0.05, 0) is 13.0 Å². The molecular weight excluding hydrogens is 285 g/mol. The second kappa shape index (κ2) is 6.94. The molecule has 1 aromatic carbocycles. The van der Waals surface area contributed by atoms with Crippen LogP contribution in [0.25, 0.3) is 0 Å². The van der Waals surface area contributed by atoms with Crippen molar-refractivity contribution in [3.05, 3.63) is 27.2 Å². The summed E-state index contributed by atoms with van der Waals surface area (Å²) in [5.74, 6) is -1.18. The summed E-state index contributed by atoms with van der Waals surface area (Å²) in [6.45, 7) is 1.33. The molecule has 1 aromatic rings. The van der Waals surface area contributed by atoms with Crippen LogP contribution in [0.1, 0.15) is 6.92 Å². The zero-order valence-electron chi connectivity index (χ0n) is 8.59. The Morgan fingerprint density at radius 3 is 2.25 bits per heavy atom. The van der Waals surface area contributed by atoms with Crippen molar-refractivity contribution in [1.82, 2.24) is 0 Å². The van der Waals surface area contributed by atoms with E-state index in [2.05, 4.69) is 0 Å². The molecule has 7 heteroatoms. The van der Waals surface area contributed by atoms with Gasteiger partial charge in [0.05, 0.1) is 21.0 Å². The molecule has 0 aliphatic heterocycles. The number of hydrogen-bond donors (Lipinski definition) is 0. The number of halogens is 3. The fourth-order valence-corrected chi connectivity index (χ4v) is 1.41. The maximum Gasteiger partial charge on any atom is 1.00 e. The zero-order valence-corrected chi connectivity index (χ0v) is 12.9. The third-order valence-corrected chi connectivity index (χ3v) is 2.63. The number of carboxylic acids is 1. The number of hydrogen-bond acceptors (Lipinski definition) is 3. The Kier molecular flexibility index (Phi) is 7.10. The first-order chi connectivity index (χ1) is 6.91. The fraction of sp³-hybridized carbons (Fsp3) is 0.222. The molecule has 3 nitrogen and oxygen atoms in total. The van der Waals surface area contributed by atoms with Crippen LogP contribution in [0.15, 0.2) is 12.1 Å². The van der Waals surface area contributed by atoms with Gasteiger partial charge < -0.3 is 14.6 Å². The van der Waals surface area contributed by atoms with Gasteiger partial charge in [0.15, 0.2) is 0 Å². The van der Waals surface area contributed by atoms with Crippen LogP contribution >= 0.6 is 34.8 Å². The third kappa shape index (κ3) is 4.32. The molecule has 0 aromatic heterocycles. The van der Waals surface area contributed by atoms with E-state index in [0.717, 1.165) is 0 Å². The minimum absolute atomic E-state index is 0. The van der Waals surface area contributed by atoms with E-state index in [9.17, 15) is 9.90 Å². The topological polar surface area (TPSA) is 49.4 Å². The van der Waals surface area contributed by atoms with E-state index < -0.39 is 12.1 Å². The summed E-state index contributed by atoms with van der Waals surface area (Å²) in [4.78, 5) is 10.4. The molecule has 0 unspecified atom stereocenters. The Hall–Kier alpha value is 0.360. The van der Waals surface area contributed by atoms with E-state index in [0.29, 0.717) is 0 Å². The molecule has 0 bridgehead atoms. The van der Waals surface area contributed by atoms with Crippen molar-refractivity contribution in [1.29, 1.82) is 0 Å². The summed E-state index contributed by atoms with van der Waals surface area (Å²) >= 11 is 17.2. The second-order valence-corrected chi connectivity index (χ2v) is 4.00. The van der Waals surface area contributed by atoms with E-state index in [-0.39, 0.29) is 50.4 Å². The van der Waals surface area contributed by atoms with Gasteiger partial charge in [-0.1, -0.05) is 34.8 Å². The third-order valence-electron chi connectivity index (χ3n) is 1.61. The SMILES string of the molecule is C[C@@H](Oc1cc(Cl)c(Cl)cc1Cl)C(=O)[O-].[Na+]. The van der Waals surface area contributed by atoms with Gasteiger partial charge in [0, 0.05) is 6.07 Å². The van der Waals surface area contributed by atoms with Gasteiger partial charge in [0.1, 0.15) is 11.9 Å². The van der Waals surface area contributed by atoms with Gasteiger partial charge in [0.2, 0.25) is 0 Å². The average molecular weight is 291 g/mol. The fourth-order valence-electron chi connectivity index (χ4n) is 0.833. The largest absolute Gasteiger partial charge is 1.00 e. The summed E-state index contributed by atoms with van der Waals surface area (Å²) in [6.07, 6.45) is -1.11. The molecule has 0 spiro atoms. The van der Waals surface area contributed by atoms with Gasteiger partial charge in [-0.3, -0.25) is 0 Å². The van der Waals surface area contributed by atoms with E-state index >= 15 is 0 Å². The molecule has 0 saturated carbocycles. The van der Waals surface area contributed by atoms with Crippen molar-refractivity contribution >= 4 is 40.8 Å². The molecule has 0 heterocycles. The Bertz CT molecular complexity index is 398. The normalized spacial score (nSPS) is 11.5. The van der Waals surface area contributed by atoms with Gasteiger partial charge in [0.25, 0.3) is 0 Å². The Morgan fingerprint density at radius 1 is 1.25 bits per heavy atom. The zero-order chi connectivity index (χ0) is 11.6. The molecule has 0 radical (unpaired) electrons. The van der Waals surface area contributed by atoms with Gasteiger partial charge in [-0.15, -0.1) is 0 Å². The van der Waals surface area contributed by atoms with Crippen LogP contribution in [-0.4, -0.2) is 12.1 Å². The number of ether oxygens (including phenoxy) is 1. The molecule has 1 atom stereocenters. The van der Waals surface area contributed by atoms with E-state index in [1.54, 1.807) is 0 Å². The van der Waals surface area contributed by atoms with Crippen molar-refractivity contribution in [3.8, 4) is 5.75 Å². The maximum absolute atomic E-state index is 10.4. The summed E-state index contributed by atoms with van der Waals surface area (Å²) in [5.41, 5.74) is 0. The molecule has 0 amide bonds. The maximum atomic E-state index is 10.4. The minimum Gasteiger partial charge on any atom is -0.546 e. The number of rotatable bonds is 3. The Labute approximate surface area is 130 Å². The monoisotopic (exact) mass is 290 g/mol. The first-order valence-electron chi connectivity index (χ1n) is 3.94. The van der Waals surface area contributed by atoms with Crippen LogP contribution in [0, 0.1) is 0 Å². The molecule has 0 saturated heterocycles. The van der Waals surface area contributed by atoms with Crippen molar-refractivity contribution in [2.45, 2.75) is 13.0 Å². The average Bonchev–Trinajstić information content (AvgIpc) is 2.13. The van der Waals surface area contributed by atoms with Crippen molar-refractivity contribution in [2.75, 3.05) is 0 Å². The van der Waals surface area contributed by atoms with Crippen LogP contribution in [0.3, 0.4) is 0 Å². The quantitative estimate of drug-likeness (QED) is 0.539. The number of carbonyl (C=O) groups is 1. The van der Waals surface area contributed by atoms with Crippen LogP contribution in [0.2, 0.25) is 15.1 Å². The number of aliphatic carboxylic acids is 1. The summed E-state index contributed by atoms with van der Waals surface area (Å²) in [5, 5.41) is 11.1.